The smallest absolute Gasteiger partial charge is 0.270 e. The van der Waals surface area contributed by atoms with Crippen LogP contribution in [-0.4, -0.2) is 15.1 Å². The van der Waals surface area contributed by atoms with E-state index in [4.69, 9.17) is 5.26 Å². The minimum absolute atomic E-state index is 0.0968. The minimum Gasteiger partial charge on any atom is -0.380 e. The quantitative estimate of drug-likeness (QED) is 0.628. The summed E-state index contributed by atoms with van der Waals surface area (Å²) in [5.74, 6) is 0. The van der Waals surface area contributed by atoms with Gasteiger partial charge in [0, 0.05) is 30.4 Å². The number of nitro benzene ring substituents is 1. The summed E-state index contributed by atoms with van der Waals surface area (Å²) >= 11 is 0. The van der Waals surface area contributed by atoms with Crippen molar-refractivity contribution in [1.29, 1.82) is 5.26 Å². The first-order valence-electron chi connectivity index (χ1n) is 5.11. The molecule has 1 heterocycles. The average Bonchev–Trinajstić information content (AvgIpc) is 2.89. The zero-order chi connectivity index (χ0) is 13.0. The second kappa shape index (κ2) is 4.97. The molecule has 0 atom stereocenters. The van der Waals surface area contributed by atoms with Gasteiger partial charge in [-0.2, -0.15) is 10.4 Å². The Labute approximate surface area is 102 Å². The highest BCUT2D eigenvalue weighted by atomic mass is 16.6. The number of nitriles is 1. The largest absolute Gasteiger partial charge is 0.380 e. The van der Waals surface area contributed by atoms with Crippen molar-refractivity contribution in [3.8, 4) is 6.07 Å². The van der Waals surface area contributed by atoms with E-state index in [2.05, 4.69) is 15.5 Å². The average molecular weight is 243 g/mol. The third-order valence-electron chi connectivity index (χ3n) is 2.37. The Balaban J connectivity index is 2.18. The second-order valence-electron chi connectivity index (χ2n) is 3.56. The first kappa shape index (κ1) is 11.6. The first-order valence-corrected chi connectivity index (χ1v) is 5.11. The summed E-state index contributed by atoms with van der Waals surface area (Å²) in [6.07, 6.45) is 3.38. The lowest BCUT2D eigenvalue weighted by Gasteiger charge is -2.06. The molecule has 0 aliphatic heterocycles. The molecule has 0 aliphatic rings. The van der Waals surface area contributed by atoms with Gasteiger partial charge in [0.15, 0.2) is 0 Å². The van der Waals surface area contributed by atoms with Crippen LogP contribution in [0.5, 0.6) is 0 Å². The van der Waals surface area contributed by atoms with E-state index in [1.165, 1.54) is 18.2 Å². The third kappa shape index (κ3) is 2.44. The minimum atomic E-state index is -0.527. The number of nitro groups is 1. The highest BCUT2D eigenvalue weighted by Crippen LogP contribution is 2.21. The third-order valence-corrected chi connectivity index (χ3v) is 2.37. The summed E-state index contributed by atoms with van der Waals surface area (Å²) in [5.41, 5.74) is 1.63. The Bertz CT molecular complexity index is 600. The molecule has 7 nitrogen and oxygen atoms in total. The number of aromatic amines is 1. The Morgan fingerprint density at radius 1 is 1.56 bits per heavy atom. The molecule has 90 valence electrons. The van der Waals surface area contributed by atoms with Crippen LogP contribution in [0.25, 0.3) is 0 Å². The molecule has 7 heteroatoms. The van der Waals surface area contributed by atoms with Crippen molar-refractivity contribution in [3.05, 3.63) is 51.8 Å². The zero-order valence-corrected chi connectivity index (χ0v) is 9.25. The summed E-state index contributed by atoms with van der Waals surface area (Å²) < 4.78 is 0. The van der Waals surface area contributed by atoms with Crippen LogP contribution in [0.1, 0.15) is 11.1 Å². The zero-order valence-electron chi connectivity index (χ0n) is 9.25. The summed E-state index contributed by atoms with van der Waals surface area (Å²) in [5, 5.41) is 29.0. The van der Waals surface area contributed by atoms with E-state index in [9.17, 15) is 10.1 Å². The molecule has 0 amide bonds. The number of aromatic nitrogens is 2. The van der Waals surface area contributed by atoms with E-state index in [1.807, 2.05) is 6.07 Å². The fourth-order valence-electron chi connectivity index (χ4n) is 1.46. The molecule has 2 N–H and O–H groups in total. The molecule has 0 saturated heterocycles. The maximum atomic E-state index is 10.6. The van der Waals surface area contributed by atoms with E-state index in [0.29, 0.717) is 12.2 Å². The lowest BCUT2D eigenvalue weighted by Crippen LogP contribution is -2.01. The Morgan fingerprint density at radius 3 is 3.00 bits per heavy atom. The molecule has 2 rings (SSSR count). The number of non-ortho nitro benzene ring substituents is 1. The van der Waals surface area contributed by atoms with Crippen molar-refractivity contribution in [2.45, 2.75) is 6.54 Å². The van der Waals surface area contributed by atoms with Gasteiger partial charge in [0.05, 0.1) is 22.4 Å². The molecule has 0 spiro atoms. The lowest BCUT2D eigenvalue weighted by atomic mass is 10.1. The summed E-state index contributed by atoms with van der Waals surface area (Å²) in [6, 6.07) is 6.06. The van der Waals surface area contributed by atoms with Crippen LogP contribution >= 0.6 is 0 Å². The highest BCUT2D eigenvalue weighted by molar-refractivity contribution is 5.61. The van der Waals surface area contributed by atoms with Gasteiger partial charge in [-0.15, -0.1) is 0 Å². The van der Waals surface area contributed by atoms with Crippen LogP contribution in [-0.2, 0) is 6.54 Å². The van der Waals surface area contributed by atoms with E-state index in [1.54, 1.807) is 12.4 Å². The van der Waals surface area contributed by atoms with Crippen molar-refractivity contribution in [2.24, 2.45) is 0 Å². The molecule has 0 bridgehead atoms. The van der Waals surface area contributed by atoms with Crippen molar-refractivity contribution in [1.82, 2.24) is 10.2 Å². The predicted molar refractivity (Wildman–Crippen MR) is 63.7 cm³/mol. The number of H-pyrrole nitrogens is 1. The summed E-state index contributed by atoms with van der Waals surface area (Å²) in [7, 11) is 0. The van der Waals surface area contributed by atoms with Gasteiger partial charge in [0.1, 0.15) is 6.07 Å². The molecule has 0 fully saturated rings. The van der Waals surface area contributed by atoms with E-state index in [0.717, 1.165) is 5.56 Å². The van der Waals surface area contributed by atoms with Crippen molar-refractivity contribution < 1.29 is 4.92 Å². The van der Waals surface area contributed by atoms with Crippen LogP contribution in [0.2, 0.25) is 0 Å². The molecule has 0 unspecified atom stereocenters. The molecule has 2 aromatic rings. The van der Waals surface area contributed by atoms with Crippen molar-refractivity contribution in [3.63, 3.8) is 0 Å². The topological polar surface area (TPSA) is 108 Å². The van der Waals surface area contributed by atoms with E-state index < -0.39 is 4.92 Å². The Morgan fingerprint density at radius 2 is 2.39 bits per heavy atom. The molecule has 0 radical (unpaired) electrons. The van der Waals surface area contributed by atoms with E-state index in [-0.39, 0.29) is 11.3 Å². The molecule has 1 aromatic carbocycles. The highest BCUT2D eigenvalue weighted by Gasteiger charge is 2.10. The molecule has 0 aliphatic carbocycles. The Hall–Kier alpha value is -2.88. The molecule has 1 aromatic heterocycles. The second-order valence-corrected chi connectivity index (χ2v) is 3.56. The van der Waals surface area contributed by atoms with Crippen LogP contribution in [0.4, 0.5) is 11.4 Å². The summed E-state index contributed by atoms with van der Waals surface area (Å²) in [6.45, 7) is 0.489. The first-order chi connectivity index (χ1) is 8.70. The number of hydrogen-bond acceptors (Lipinski definition) is 5. The number of rotatable bonds is 4. The SMILES string of the molecule is N#Cc1cc([N+](=O)[O-])ccc1NCc1cn[nH]c1. The predicted octanol–water partition coefficient (Wildman–Crippen LogP) is 1.80. The maximum Gasteiger partial charge on any atom is 0.270 e. The lowest BCUT2D eigenvalue weighted by molar-refractivity contribution is -0.384. The van der Waals surface area contributed by atoms with Gasteiger partial charge in [0.2, 0.25) is 0 Å². The Kier molecular flexibility index (Phi) is 3.20. The summed E-state index contributed by atoms with van der Waals surface area (Å²) in [4.78, 5) is 10.1. The number of nitrogens with one attached hydrogen (secondary N) is 2. The number of hydrogen-bond donors (Lipinski definition) is 2. The van der Waals surface area contributed by atoms with Crippen LogP contribution in [0, 0.1) is 21.4 Å². The van der Waals surface area contributed by atoms with Crippen LogP contribution in [0.3, 0.4) is 0 Å². The fourth-order valence-corrected chi connectivity index (χ4v) is 1.46. The maximum absolute atomic E-state index is 10.6. The number of benzene rings is 1. The standard InChI is InChI=1S/C11H9N5O2/c12-4-9-3-10(16(17)18)1-2-11(9)13-5-8-6-14-15-7-8/h1-3,6-7,13H,5H2,(H,14,15). The van der Waals surface area contributed by atoms with Crippen molar-refractivity contribution in [2.75, 3.05) is 5.32 Å². The normalized spacial score (nSPS) is 9.72. The van der Waals surface area contributed by atoms with Gasteiger partial charge < -0.3 is 5.32 Å². The van der Waals surface area contributed by atoms with Crippen LogP contribution in [0.15, 0.2) is 30.6 Å². The molecule has 18 heavy (non-hydrogen) atoms. The van der Waals surface area contributed by atoms with E-state index >= 15 is 0 Å². The van der Waals surface area contributed by atoms with Gasteiger partial charge in [-0.1, -0.05) is 0 Å². The van der Waals surface area contributed by atoms with Gasteiger partial charge in [-0.05, 0) is 6.07 Å². The van der Waals surface area contributed by atoms with Gasteiger partial charge in [0.25, 0.3) is 5.69 Å². The molecule has 0 saturated carbocycles. The van der Waals surface area contributed by atoms with Gasteiger partial charge in [-0.25, -0.2) is 0 Å². The number of anilines is 1. The fraction of sp³-hybridized carbons (Fsp3) is 0.0909. The monoisotopic (exact) mass is 243 g/mol. The van der Waals surface area contributed by atoms with Crippen LogP contribution < -0.4 is 5.32 Å². The van der Waals surface area contributed by atoms with Gasteiger partial charge >= 0.3 is 0 Å². The molecular formula is C11H9N5O2. The van der Waals surface area contributed by atoms with Gasteiger partial charge in [-0.3, -0.25) is 15.2 Å². The number of nitrogens with zero attached hydrogens (tertiary/aromatic N) is 3. The molecular weight excluding hydrogens is 234 g/mol. The van der Waals surface area contributed by atoms with Crippen molar-refractivity contribution >= 4 is 11.4 Å².